The molecule has 0 saturated heterocycles. The van der Waals surface area contributed by atoms with Gasteiger partial charge in [-0.2, -0.15) is 0 Å². The fraction of sp³-hybridized carbons (Fsp3) is 0.400. The van der Waals surface area contributed by atoms with Crippen molar-refractivity contribution in [3.8, 4) is 5.75 Å². The normalized spacial score (nSPS) is 13.5. The van der Waals surface area contributed by atoms with Gasteiger partial charge in [-0.1, -0.05) is 6.07 Å². The summed E-state index contributed by atoms with van der Waals surface area (Å²) in [6.07, 6.45) is 1.52. The van der Waals surface area contributed by atoms with Crippen LogP contribution in [0.25, 0.3) is 0 Å². The quantitative estimate of drug-likeness (QED) is 0.298. The largest absolute Gasteiger partial charge is 0.492 e. The van der Waals surface area contributed by atoms with E-state index in [1.54, 1.807) is 31.2 Å². The zero-order valence-corrected chi connectivity index (χ0v) is 16.5. The Kier molecular flexibility index (Phi) is 7.88. The summed E-state index contributed by atoms with van der Waals surface area (Å²) in [6.45, 7) is 6.84. The van der Waals surface area contributed by atoms with Crippen molar-refractivity contribution >= 4 is 17.6 Å². The Morgan fingerprint density at radius 1 is 1.29 bits per heavy atom. The SMILES string of the molecule is CCNC(=NCC(C)(O)c1ccco1)NCCOc1cccc(NC(C)=O)c1. The molecule has 2 aromatic rings. The van der Waals surface area contributed by atoms with E-state index < -0.39 is 5.60 Å². The molecular weight excluding hydrogens is 360 g/mol. The first kappa shape index (κ1) is 21.3. The van der Waals surface area contributed by atoms with Crippen LogP contribution in [0.5, 0.6) is 5.75 Å². The summed E-state index contributed by atoms with van der Waals surface area (Å²) in [6, 6.07) is 10.7. The molecule has 1 aromatic carbocycles. The second kappa shape index (κ2) is 10.4. The molecular formula is C20H28N4O4. The number of guanidine groups is 1. The molecule has 2 rings (SSSR count). The number of aliphatic hydroxyl groups is 1. The number of ether oxygens (including phenoxy) is 1. The molecule has 8 heteroatoms. The first-order chi connectivity index (χ1) is 13.4. The molecule has 1 aromatic heterocycles. The first-order valence-corrected chi connectivity index (χ1v) is 9.19. The van der Waals surface area contributed by atoms with Crippen LogP contribution in [0.2, 0.25) is 0 Å². The number of hydrogen-bond donors (Lipinski definition) is 4. The third kappa shape index (κ3) is 6.96. The summed E-state index contributed by atoms with van der Waals surface area (Å²) in [5.41, 5.74) is -0.500. The number of carbonyl (C=O) groups excluding carboxylic acids is 1. The number of amides is 1. The number of furan rings is 1. The van der Waals surface area contributed by atoms with E-state index in [1.165, 1.54) is 13.2 Å². The van der Waals surface area contributed by atoms with Gasteiger partial charge in [-0.3, -0.25) is 4.79 Å². The molecule has 0 bridgehead atoms. The van der Waals surface area contributed by atoms with Gasteiger partial charge in [0.2, 0.25) is 5.91 Å². The Morgan fingerprint density at radius 3 is 2.79 bits per heavy atom. The zero-order valence-electron chi connectivity index (χ0n) is 16.5. The van der Waals surface area contributed by atoms with Gasteiger partial charge >= 0.3 is 0 Å². The first-order valence-electron chi connectivity index (χ1n) is 9.19. The predicted octanol–water partition coefficient (Wildman–Crippen LogP) is 2.08. The highest BCUT2D eigenvalue weighted by Gasteiger charge is 2.26. The summed E-state index contributed by atoms with van der Waals surface area (Å²) < 4.78 is 11.0. The van der Waals surface area contributed by atoms with E-state index in [-0.39, 0.29) is 12.5 Å². The molecule has 8 nitrogen and oxygen atoms in total. The third-order valence-corrected chi connectivity index (χ3v) is 3.76. The molecule has 0 aliphatic rings. The number of anilines is 1. The molecule has 0 spiro atoms. The van der Waals surface area contributed by atoms with Gasteiger partial charge in [-0.15, -0.1) is 0 Å². The molecule has 0 aliphatic carbocycles. The number of aliphatic imine (C=N–C) groups is 1. The lowest BCUT2D eigenvalue weighted by molar-refractivity contribution is -0.114. The number of rotatable bonds is 9. The molecule has 0 aliphatic heterocycles. The number of nitrogens with one attached hydrogen (secondary N) is 3. The van der Waals surface area contributed by atoms with Crippen LogP contribution in [-0.4, -0.2) is 43.2 Å². The minimum Gasteiger partial charge on any atom is -0.492 e. The van der Waals surface area contributed by atoms with E-state index in [0.717, 1.165) is 0 Å². The summed E-state index contributed by atoms with van der Waals surface area (Å²) in [5.74, 6) is 1.57. The van der Waals surface area contributed by atoms with Gasteiger partial charge in [-0.05, 0) is 38.1 Å². The van der Waals surface area contributed by atoms with Gasteiger partial charge in [0.05, 0.1) is 19.4 Å². The van der Waals surface area contributed by atoms with Crippen LogP contribution in [0.1, 0.15) is 26.5 Å². The van der Waals surface area contributed by atoms with Crippen LogP contribution >= 0.6 is 0 Å². The van der Waals surface area contributed by atoms with Gasteiger partial charge in [0.15, 0.2) is 5.96 Å². The predicted molar refractivity (Wildman–Crippen MR) is 109 cm³/mol. The average molecular weight is 388 g/mol. The van der Waals surface area contributed by atoms with Crippen molar-refractivity contribution in [3.05, 3.63) is 48.4 Å². The van der Waals surface area contributed by atoms with Crippen LogP contribution in [0.15, 0.2) is 52.1 Å². The van der Waals surface area contributed by atoms with Crippen molar-refractivity contribution in [2.24, 2.45) is 4.99 Å². The number of carbonyl (C=O) groups is 1. The van der Waals surface area contributed by atoms with Crippen LogP contribution < -0.4 is 20.7 Å². The van der Waals surface area contributed by atoms with E-state index in [0.29, 0.717) is 42.9 Å². The molecule has 0 fully saturated rings. The van der Waals surface area contributed by atoms with E-state index in [1.807, 2.05) is 19.1 Å². The van der Waals surface area contributed by atoms with Crippen molar-refractivity contribution in [1.29, 1.82) is 0 Å². The van der Waals surface area contributed by atoms with E-state index in [9.17, 15) is 9.90 Å². The lowest BCUT2D eigenvalue weighted by Crippen LogP contribution is -2.40. The third-order valence-electron chi connectivity index (χ3n) is 3.76. The summed E-state index contributed by atoms with van der Waals surface area (Å²) in [7, 11) is 0. The Bertz CT molecular complexity index is 772. The van der Waals surface area contributed by atoms with Crippen molar-refractivity contribution < 1.29 is 19.1 Å². The summed E-state index contributed by atoms with van der Waals surface area (Å²) in [4.78, 5) is 15.5. The monoisotopic (exact) mass is 388 g/mol. The minimum absolute atomic E-state index is 0.129. The highest BCUT2D eigenvalue weighted by atomic mass is 16.5. The topological polar surface area (TPSA) is 108 Å². The molecule has 1 atom stereocenters. The van der Waals surface area contributed by atoms with Gasteiger partial charge in [0.1, 0.15) is 23.7 Å². The molecule has 28 heavy (non-hydrogen) atoms. The summed E-state index contributed by atoms with van der Waals surface area (Å²) >= 11 is 0. The highest BCUT2D eigenvalue weighted by molar-refractivity contribution is 5.88. The Balaban J connectivity index is 1.84. The lowest BCUT2D eigenvalue weighted by atomic mass is 10.0. The molecule has 152 valence electrons. The smallest absolute Gasteiger partial charge is 0.221 e. The Labute approximate surface area is 165 Å². The Morgan fingerprint density at radius 2 is 2.11 bits per heavy atom. The molecule has 1 amide bonds. The molecule has 0 saturated carbocycles. The van der Waals surface area contributed by atoms with Gasteiger partial charge in [-0.25, -0.2) is 4.99 Å². The fourth-order valence-corrected chi connectivity index (χ4v) is 2.44. The summed E-state index contributed by atoms with van der Waals surface area (Å²) in [5, 5.41) is 19.5. The maximum absolute atomic E-state index is 11.1. The number of nitrogens with zero attached hydrogens (tertiary/aromatic N) is 1. The van der Waals surface area contributed by atoms with Crippen molar-refractivity contribution in [3.63, 3.8) is 0 Å². The fourth-order valence-electron chi connectivity index (χ4n) is 2.44. The number of benzene rings is 1. The minimum atomic E-state index is -1.19. The second-order valence-electron chi connectivity index (χ2n) is 6.43. The standard InChI is InChI=1S/C20H28N4O4/c1-4-21-19(23-14-20(3,26)18-9-6-11-28-18)22-10-12-27-17-8-5-7-16(13-17)24-15(2)25/h5-9,11,13,26H,4,10,12,14H2,1-3H3,(H,24,25)(H2,21,22,23). The number of hydrogen-bond acceptors (Lipinski definition) is 5. The van der Waals surface area contributed by atoms with E-state index in [4.69, 9.17) is 9.15 Å². The van der Waals surface area contributed by atoms with Crippen LogP contribution in [0.3, 0.4) is 0 Å². The van der Waals surface area contributed by atoms with Crippen molar-refractivity contribution in [2.45, 2.75) is 26.4 Å². The average Bonchev–Trinajstić information content (AvgIpc) is 3.19. The zero-order chi connectivity index (χ0) is 20.4. The molecule has 1 heterocycles. The molecule has 4 N–H and O–H groups in total. The van der Waals surface area contributed by atoms with Crippen molar-refractivity contribution in [2.75, 3.05) is 31.6 Å². The molecule has 0 radical (unpaired) electrons. The van der Waals surface area contributed by atoms with Gasteiger partial charge < -0.3 is 30.2 Å². The van der Waals surface area contributed by atoms with E-state index >= 15 is 0 Å². The van der Waals surface area contributed by atoms with Gasteiger partial charge in [0, 0.05) is 25.2 Å². The maximum Gasteiger partial charge on any atom is 0.221 e. The van der Waals surface area contributed by atoms with Crippen molar-refractivity contribution in [1.82, 2.24) is 10.6 Å². The van der Waals surface area contributed by atoms with Crippen LogP contribution in [0, 0.1) is 0 Å². The van der Waals surface area contributed by atoms with Crippen LogP contribution in [-0.2, 0) is 10.4 Å². The maximum atomic E-state index is 11.1. The second-order valence-corrected chi connectivity index (χ2v) is 6.43. The van der Waals surface area contributed by atoms with Crippen LogP contribution in [0.4, 0.5) is 5.69 Å². The van der Waals surface area contributed by atoms with E-state index in [2.05, 4.69) is 20.9 Å². The highest BCUT2D eigenvalue weighted by Crippen LogP contribution is 2.21. The van der Waals surface area contributed by atoms with Gasteiger partial charge in [0.25, 0.3) is 0 Å². The Hall–Kier alpha value is -3.00. The molecule has 1 unspecified atom stereocenters. The lowest BCUT2D eigenvalue weighted by Gasteiger charge is -2.19.